The van der Waals surface area contributed by atoms with Crippen molar-refractivity contribution >= 4 is 11.0 Å². The summed E-state index contributed by atoms with van der Waals surface area (Å²) in [7, 11) is 2.23. The van der Waals surface area contributed by atoms with E-state index in [1.165, 1.54) is 48.4 Å². The Morgan fingerprint density at radius 1 is 0.923 bits per heavy atom. The summed E-state index contributed by atoms with van der Waals surface area (Å²) in [5.41, 5.74) is 4.82. The van der Waals surface area contributed by atoms with Crippen LogP contribution >= 0.6 is 0 Å². The van der Waals surface area contributed by atoms with Gasteiger partial charge in [-0.25, -0.2) is 4.98 Å². The molecule has 0 atom stereocenters. The molecule has 0 saturated carbocycles. The highest BCUT2D eigenvalue weighted by Crippen LogP contribution is 2.28. The van der Waals surface area contributed by atoms with Crippen molar-refractivity contribution in [3.05, 3.63) is 48.5 Å². The minimum Gasteiger partial charge on any atom is -0.326 e. The van der Waals surface area contributed by atoms with Gasteiger partial charge in [-0.3, -0.25) is 9.88 Å². The number of hydrogen-bond donors (Lipinski definition) is 0. The molecule has 5 rings (SSSR count). The highest BCUT2D eigenvalue weighted by molar-refractivity contribution is 5.82. The van der Waals surface area contributed by atoms with Gasteiger partial charge in [0.25, 0.3) is 0 Å². The molecule has 0 aliphatic carbocycles. The highest BCUT2D eigenvalue weighted by atomic mass is 15.3. The Kier molecular flexibility index (Phi) is 3.98. The molecule has 5 nitrogen and oxygen atoms in total. The molecule has 26 heavy (non-hydrogen) atoms. The van der Waals surface area contributed by atoms with Crippen LogP contribution in [0.2, 0.25) is 0 Å². The number of piperidine rings is 1. The third-order valence-electron chi connectivity index (χ3n) is 6.00. The van der Waals surface area contributed by atoms with Gasteiger partial charge in [0, 0.05) is 31.5 Å². The van der Waals surface area contributed by atoms with Gasteiger partial charge in [0.05, 0.1) is 17.6 Å². The van der Waals surface area contributed by atoms with Crippen molar-refractivity contribution in [2.24, 2.45) is 0 Å². The van der Waals surface area contributed by atoms with Gasteiger partial charge < -0.3 is 9.47 Å². The first-order valence-corrected chi connectivity index (χ1v) is 9.60. The van der Waals surface area contributed by atoms with E-state index >= 15 is 0 Å². The summed E-state index contributed by atoms with van der Waals surface area (Å²) in [6.07, 6.45) is 6.27. The van der Waals surface area contributed by atoms with E-state index in [9.17, 15) is 0 Å². The summed E-state index contributed by atoms with van der Waals surface area (Å²) in [4.78, 5) is 14.2. The predicted molar refractivity (Wildman–Crippen MR) is 104 cm³/mol. The number of fused-ring (bicyclic) bond motifs is 3. The maximum absolute atomic E-state index is 4.95. The number of nitrogens with zero attached hydrogens (tertiary/aromatic N) is 5. The first-order valence-electron chi connectivity index (χ1n) is 9.60. The summed E-state index contributed by atoms with van der Waals surface area (Å²) in [5.74, 6) is 1.22. The number of benzene rings is 1. The molecule has 0 N–H and O–H groups in total. The molecule has 1 aromatic carbocycles. The van der Waals surface area contributed by atoms with Crippen LogP contribution in [0.4, 0.5) is 0 Å². The van der Waals surface area contributed by atoms with Crippen LogP contribution in [0.1, 0.15) is 18.7 Å². The Bertz CT molecular complexity index is 909. The normalized spacial score (nSPS) is 19.7. The molecule has 0 radical (unpaired) electrons. The number of likely N-dealkylation sites (tertiary alicyclic amines) is 1. The lowest BCUT2D eigenvalue weighted by Gasteiger charge is -2.39. The molecule has 0 spiro atoms. The molecule has 4 heterocycles. The van der Waals surface area contributed by atoms with Crippen molar-refractivity contribution in [1.82, 2.24) is 24.3 Å². The van der Waals surface area contributed by atoms with E-state index in [0.717, 1.165) is 25.2 Å². The lowest BCUT2D eigenvalue weighted by atomic mass is 10.0. The Hall–Kier alpha value is -2.24. The maximum Gasteiger partial charge on any atom is 0.124 e. The van der Waals surface area contributed by atoms with Crippen molar-refractivity contribution in [1.29, 1.82) is 0 Å². The van der Waals surface area contributed by atoms with Crippen LogP contribution in [0.15, 0.2) is 42.7 Å². The third-order valence-corrected chi connectivity index (χ3v) is 6.00. The number of imidazole rings is 1. The zero-order chi connectivity index (χ0) is 17.5. The molecule has 3 aromatic rings. The first-order chi connectivity index (χ1) is 12.8. The molecule has 1 saturated heterocycles. The molecule has 0 unspecified atom stereocenters. The Balaban J connectivity index is 1.44. The quantitative estimate of drug-likeness (QED) is 0.714. The van der Waals surface area contributed by atoms with Gasteiger partial charge in [-0.1, -0.05) is 6.07 Å². The number of hydrogen-bond acceptors (Lipinski definition) is 4. The molecule has 2 aliphatic rings. The number of aromatic nitrogens is 3. The predicted octanol–water partition coefficient (Wildman–Crippen LogP) is 3.01. The Morgan fingerprint density at radius 3 is 2.54 bits per heavy atom. The van der Waals surface area contributed by atoms with Crippen molar-refractivity contribution in [2.75, 3.05) is 26.7 Å². The minimum absolute atomic E-state index is 0.715. The largest absolute Gasteiger partial charge is 0.326 e. The number of rotatable bonds is 2. The van der Waals surface area contributed by atoms with Crippen molar-refractivity contribution in [3.8, 4) is 11.1 Å². The van der Waals surface area contributed by atoms with Crippen LogP contribution in [0.5, 0.6) is 0 Å². The molecule has 5 heteroatoms. The van der Waals surface area contributed by atoms with Gasteiger partial charge in [0.1, 0.15) is 5.82 Å². The van der Waals surface area contributed by atoms with Gasteiger partial charge in [0.15, 0.2) is 0 Å². The maximum atomic E-state index is 4.95. The molecule has 0 amide bonds. The number of pyridine rings is 1. The Morgan fingerprint density at radius 2 is 1.73 bits per heavy atom. The van der Waals surface area contributed by atoms with E-state index in [1.807, 2.05) is 12.4 Å². The molecular weight excluding hydrogens is 322 g/mol. The topological polar surface area (TPSA) is 37.2 Å². The molecule has 2 aromatic heterocycles. The summed E-state index contributed by atoms with van der Waals surface area (Å²) in [5, 5.41) is 0. The van der Waals surface area contributed by atoms with E-state index in [1.54, 1.807) is 0 Å². The van der Waals surface area contributed by atoms with E-state index < -0.39 is 0 Å². The van der Waals surface area contributed by atoms with Gasteiger partial charge in [-0.15, -0.1) is 0 Å². The Labute approximate surface area is 154 Å². The van der Waals surface area contributed by atoms with Crippen LogP contribution in [0, 0.1) is 0 Å². The highest BCUT2D eigenvalue weighted by Gasteiger charge is 2.28. The second-order valence-corrected chi connectivity index (χ2v) is 7.62. The van der Waals surface area contributed by atoms with Crippen LogP contribution in [-0.2, 0) is 13.1 Å². The second-order valence-electron chi connectivity index (χ2n) is 7.62. The SMILES string of the molecule is CN1CCC(N2CCn3c(nc4ccc(-c5ccncc5)cc43)C2)CC1. The molecule has 134 valence electrons. The molecule has 0 bridgehead atoms. The fourth-order valence-electron chi connectivity index (χ4n) is 4.43. The van der Waals surface area contributed by atoms with Gasteiger partial charge in [-0.2, -0.15) is 0 Å². The van der Waals surface area contributed by atoms with Crippen molar-refractivity contribution in [2.45, 2.75) is 32.0 Å². The lowest BCUT2D eigenvalue weighted by molar-refractivity contribution is 0.0958. The van der Waals surface area contributed by atoms with Crippen molar-refractivity contribution in [3.63, 3.8) is 0 Å². The van der Waals surface area contributed by atoms with Gasteiger partial charge in [0.2, 0.25) is 0 Å². The zero-order valence-electron chi connectivity index (χ0n) is 15.3. The summed E-state index contributed by atoms with van der Waals surface area (Å²) < 4.78 is 2.42. The average molecular weight is 347 g/mol. The fourth-order valence-corrected chi connectivity index (χ4v) is 4.43. The molecule has 2 aliphatic heterocycles. The second kappa shape index (κ2) is 6.49. The lowest BCUT2D eigenvalue weighted by Crippen LogP contribution is -2.46. The first kappa shape index (κ1) is 16.0. The van der Waals surface area contributed by atoms with Crippen LogP contribution in [0.25, 0.3) is 22.2 Å². The van der Waals surface area contributed by atoms with Crippen LogP contribution in [-0.4, -0.2) is 57.1 Å². The summed E-state index contributed by atoms with van der Waals surface area (Å²) in [6.45, 7) is 5.58. The summed E-state index contributed by atoms with van der Waals surface area (Å²) in [6, 6.07) is 11.5. The average Bonchev–Trinajstić information content (AvgIpc) is 3.06. The van der Waals surface area contributed by atoms with E-state index in [0.29, 0.717) is 6.04 Å². The van der Waals surface area contributed by atoms with Crippen LogP contribution in [0.3, 0.4) is 0 Å². The van der Waals surface area contributed by atoms with E-state index in [2.05, 4.69) is 56.7 Å². The van der Waals surface area contributed by atoms with Gasteiger partial charge >= 0.3 is 0 Å². The standard InChI is InChI=1S/C21H25N5/c1-24-10-6-18(7-11-24)25-12-13-26-20-14-17(16-4-8-22-9-5-16)2-3-19(20)23-21(26)15-25/h2-5,8-9,14,18H,6-7,10-13,15H2,1H3. The third kappa shape index (κ3) is 2.81. The molecular formula is C21H25N5. The van der Waals surface area contributed by atoms with E-state index in [-0.39, 0.29) is 0 Å². The van der Waals surface area contributed by atoms with E-state index in [4.69, 9.17) is 4.98 Å². The molecule has 1 fully saturated rings. The summed E-state index contributed by atoms with van der Waals surface area (Å²) >= 11 is 0. The minimum atomic E-state index is 0.715. The fraction of sp³-hybridized carbons (Fsp3) is 0.429. The smallest absolute Gasteiger partial charge is 0.124 e. The van der Waals surface area contributed by atoms with Crippen molar-refractivity contribution < 1.29 is 0 Å². The monoisotopic (exact) mass is 347 g/mol. The van der Waals surface area contributed by atoms with Gasteiger partial charge in [-0.05, 0) is 68.4 Å². The van der Waals surface area contributed by atoms with Crippen LogP contribution < -0.4 is 0 Å². The zero-order valence-corrected chi connectivity index (χ0v) is 15.3.